The molecule has 3 aromatic rings. The first-order valence-corrected chi connectivity index (χ1v) is 8.07. The van der Waals surface area contributed by atoms with Crippen LogP contribution >= 0.6 is 0 Å². The molecule has 0 unspecified atom stereocenters. The highest BCUT2D eigenvalue weighted by Crippen LogP contribution is 2.29. The predicted molar refractivity (Wildman–Crippen MR) is 94.0 cm³/mol. The number of benzene rings is 1. The molecule has 0 spiro atoms. The topological polar surface area (TPSA) is 45.5 Å². The van der Waals surface area contributed by atoms with E-state index >= 15 is 0 Å². The van der Waals surface area contributed by atoms with E-state index in [0.717, 1.165) is 35.2 Å². The van der Waals surface area contributed by atoms with Gasteiger partial charge in [0.15, 0.2) is 5.65 Å². The number of anilines is 2. The van der Waals surface area contributed by atoms with Crippen LogP contribution in [0.3, 0.4) is 0 Å². The molecule has 0 saturated heterocycles. The Morgan fingerprint density at radius 2 is 2.09 bits per heavy atom. The Balaban J connectivity index is 1.71. The highest BCUT2D eigenvalue weighted by atomic mass is 15.3. The van der Waals surface area contributed by atoms with Gasteiger partial charge in [0.2, 0.25) is 0 Å². The molecule has 2 aromatic heterocycles. The van der Waals surface area contributed by atoms with E-state index in [0.29, 0.717) is 0 Å². The number of imidazole rings is 1. The van der Waals surface area contributed by atoms with Gasteiger partial charge < -0.3 is 10.2 Å². The van der Waals surface area contributed by atoms with Crippen LogP contribution < -0.4 is 10.2 Å². The minimum absolute atomic E-state index is 0.825. The molecule has 1 aromatic carbocycles. The summed E-state index contributed by atoms with van der Waals surface area (Å²) >= 11 is 0. The van der Waals surface area contributed by atoms with Crippen LogP contribution in [0.25, 0.3) is 16.9 Å². The number of hydrogen-bond acceptors (Lipinski definition) is 4. The molecule has 0 radical (unpaired) electrons. The maximum absolute atomic E-state index is 4.72. The molecule has 118 valence electrons. The summed E-state index contributed by atoms with van der Waals surface area (Å²) in [6.45, 7) is 1.01. The van der Waals surface area contributed by atoms with Crippen molar-refractivity contribution in [3.8, 4) is 11.3 Å². The third-order valence-corrected chi connectivity index (χ3v) is 4.29. The van der Waals surface area contributed by atoms with E-state index in [4.69, 9.17) is 5.10 Å². The van der Waals surface area contributed by atoms with Crippen molar-refractivity contribution < 1.29 is 0 Å². The van der Waals surface area contributed by atoms with Gasteiger partial charge in [0.05, 0.1) is 11.9 Å². The fraction of sp³-hybridized carbons (Fsp3) is 0.333. The molecule has 5 nitrogen and oxygen atoms in total. The summed E-state index contributed by atoms with van der Waals surface area (Å²) in [4.78, 5) is 6.58. The number of rotatable bonds is 5. The monoisotopic (exact) mass is 307 g/mol. The van der Waals surface area contributed by atoms with Gasteiger partial charge in [-0.3, -0.25) is 0 Å². The lowest BCUT2D eigenvalue weighted by Crippen LogP contribution is -2.08. The average molecular weight is 307 g/mol. The summed E-state index contributed by atoms with van der Waals surface area (Å²) in [6.07, 6.45) is 4.56. The van der Waals surface area contributed by atoms with Gasteiger partial charge in [0.25, 0.3) is 0 Å². The van der Waals surface area contributed by atoms with Crippen molar-refractivity contribution >= 4 is 17.2 Å². The first kappa shape index (κ1) is 14.1. The Morgan fingerprint density at radius 1 is 1.22 bits per heavy atom. The van der Waals surface area contributed by atoms with Gasteiger partial charge in [-0.1, -0.05) is 12.1 Å². The van der Waals surface area contributed by atoms with Gasteiger partial charge in [-0.25, -0.2) is 9.50 Å². The van der Waals surface area contributed by atoms with Crippen LogP contribution in [0, 0.1) is 5.92 Å². The molecular weight excluding hydrogens is 286 g/mol. The first-order chi connectivity index (χ1) is 11.2. The van der Waals surface area contributed by atoms with Crippen LogP contribution in [-0.4, -0.2) is 35.2 Å². The van der Waals surface area contributed by atoms with Crippen LogP contribution in [0.5, 0.6) is 0 Å². The molecule has 4 rings (SSSR count). The molecule has 0 atom stereocenters. The lowest BCUT2D eigenvalue weighted by Gasteiger charge is -2.13. The van der Waals surface area contributed by atoms with Crippen molar-refractivity contribution in [2.24, 2.45) is 5.92 Å². The van der Waals surface area contributed by atoms with Crippen LogP contribution in [0.4, 0.5) is 11.5 Å². The van der Waals surface area contributed by atoms with E-state index in [9.17, 15) is 0 Å². The van der Waals surface area contributed by atoms with Gasteiger partial charge >= 0.3 is 0 Å². The molecule has 1 aliphatic carbocycles. The number of nitrogens with one attached hydrogen (secondary N) is 1. The number of hydrogen-bond donors (Lipinski definition) is 1. The van der Waals surface area contributed by atoms with Gasteiger partial charge in [-0.05, 0) is 43.0 Å². The Kier molecular flexibility index (Phi) is 3.41. The molecule has 0 amide bonds. The summed E-state index contributed by atoms with van der Waals surface area (Å²) in [5.74, 6) is 1.74. The van der Waals surface area contributed by atoms with Crippen molar-refractivity contribution in [2.75, 3.05) is 30.9 Å². The Labute approximate surface area is 136 Å². The molecule has 1 fully saturated rings. The summed E-state index contributed by atoms with van der Waals surface area (Å²) in [6, 6.07) is 12.5. The van der Waals surface area contributed by atoms with Crippen LogP contribution in [0.2, 0.25) is 0 Å². The van der Waals surface area contributed by atoms with E-state index in [1.165, 1.54) is 18.5 Å². The molecule has 1 N–H and O–H groups in total. The Hall–Kier alpha value is -2.56. The molecule has 1 saturated carbocycles. The van der Waals surface area contributed by atoms with Gasteiger partial charge in [-0.15, -0.1) is 5.10 Å². The molecule has 1 aliphatic rings. The summed E-state index contributed by atoms with van der Waals surface area (Å²) in [5, 5.41) is 8.14. The fourth-order valence-electron chi connectivity index (χ4n) is 2.68. The highest BCUT2D eigenvalue weighted by molar-refractivity contribution is 5.68. The first-order valence-electron chi connectivity index (χ1n) is 8.07. The molecule has 23 heavy (non-hydrogen) atoms. The van der Waals surface area contributed by atoms with Crippen molar-refractivity contribution in [1.82, 2.24) is 14.6 Å². The minimum atomic E-state index is 0.825. The third-order valence-electron chi connectivity index (χ3n) is 4.29. The number of nitrogens with zero attached hydrogens (tertiary/aromatic N) is 4. The number of fused-ring (bicyclic) bond motifs is 1. The molecule has 2 heterocycles. The van der Waals surface area contributed by atoms with Crippen molar-refractivity contribution in [1.29, 1.82) is 0 Å². The molecular formula is C18H21N5. The van der Waals surface area contributed by atoms with E-state index in [1.54, 1.807) is 0 Å². The number of aromatic nitrogens is 3. The maximum atomic E-state index is 4.72. The Morgan fingerprint density at radius 3 is 2.87 bits per heavy atom. The largest absolute Gasteiger partial charge is 0.378 e. The SMILES string of the molecule is CN(C)c1cccc(-c2cnc3ccc(NCC4CC4)nn23)c1. The van der Waals surface area contributed by atoms with Gasteiger partial charge in [-0.2, -0.15) is 0 Å². The zero-order valence-corrected chi connectivity index (χ0v) is 13.5. The smallest absolute Gasteiger partial charge is 0.154 e. The predicted octanol–water partition coefficient (Wildman–Crippen LogP) is 3.28. The minimum Gasteiger partial charge on any atom is -0.378 e. The van der Waals surface area contributed by atoms with Gasteiger partial charge in [0, 0.05) is 31.9 Å². The van der Waals surface area contributed by atoms with Crippen molar-refractivity contribution in [3.05, 3.63) is 42.6 Å². The van der Waals surface area contributed by atoms with E-state index in [2.05, 4.69) is 39.5 Å². The van der Waals surface area contributed by atoms with E-state index in [1.807, 2.05) is 36.9 Å². The second kappa shape index (κ2) is 5.57. The quantitative estimate of drug-likeness (QED) is 0.785. The zero-order valence-electron chi connectivity index (χ0n) is 13.5. The lowest BCUT2D eigenvalue weighted by atomic mass is 10.1. The second-order valence-corrected chi connectivity index (χ2v) is 6.40. The van der Waals surface area contributed by atoms with Crippen molar-refractivity contribution in [2.45, 2.75) is 12.8 Å². The fourth-order valence-corrected chi connectivity index (χ4v) is 2.68. The zero-order chi connectivity index (χ0) is 15.8. The van der Waals surface area contributed by atoms with Crippen LogP contribution in [0.1, 0.15) is 12.8 Å². The van der Waals surface area contributed by atoms with E-state index < -0.39 is 0 Å². The third kappa shape index (κ3) is 2.86. The second-order valence-electron chi connectivity index (χ2n) is 6.40. The van der Waals surface area contributed by atoms with E-state index in [-0.39, 0.29) is 0 Å². The van der Waals surface area contributed by atoms with Crippen molar-refractivity contribution in [3.63, 3.8) is 0 Å². The van der Waals surface area contributed by atoms with Crippen LogP contribution in [0.15, 0.2) is 42.6 Å². The normalized spacial score (nSPS) is 14.2. The standard InChI is InChI=1S/C18H21N5/c1-22(2)15-5-3-4-14(10-15)16-12-20-18-9-8-17(21-23(16)18)19-11-13-6-7-13/h3-5,8-10,12-13H,6-7,11H2,1-2H3,(H,19,21). The van der Waals surface area contributed by atoms with Crippen LogP contribution in [-0.2, 0) is 0 Å². The molecule has 0 bridgehead atoms. The summed E-state index contributed by atoms with van der Waals surface area (Å²) in [7, 11) is 4.09. The molecule has 0 aliphatic heterocycles. The van der Waals surface area contributed by atoms with Gasteiger partial charge in [0.1, 0.15) is 5.82 Å². The molecule has 5 heteroatoms. The average Bonchev–Trinajstić information content (AvgIpc) is 3.30. The Bertz CT molecular complexity index is 832. The maximum Gasteiger partial charge on any atom is 0.154 e. The summed E-state index contributed by atoms with van der Waals surface area (Å²) < 4.78 is 1.92. The highest BCUT2D eigenvalue weighted by Gasteiger charge is 2.20. The lowest BCUT2D eigenvalue weighted by molar-refractivity contribution is 0.862. The summed E-state index contributed by atoms with van der Waals surface area (Å²) in [5.41, 5.74) is 4.17.